The quantitative estimate of drug-likeness (QED) is 0.495. The standard InChI is InChI=1S/C14H18BrN3OS/c1-10(12-6-2-3-7-13(12)15)17-18-14(20)16-9-11-5-4-8-19-11/h2-3,6-7,11H,4-5,8-9H2,1H3,(H2,16,18,20)/b17-10-/t11-/m1/s1. The lowest BCUT2D eigenvalue weighted by Gasteiger charge is -2.12. The van der Waals surface area contributed by atoms with Crippen LogP contribution in [0, 0.1) is 0 Å². The Balaban J connectivity index is 1.82. The summed E-state index contributed by atoms with van der Waals surface area (Å²) in [7, 11) is 0. The molecule has 1 atom stereocenters. The average Bonchev–Trinajstić information content (AvgIpc) is 2.96. The van der Waals surface area contributed by atoms with Gasteiger partial charge in [-0.3, -0.25) is 5.43 Å². The Labute approximate surface area is 133 Å². The maximum absolute atomic E-state index is 5.52. The van der Waals surface area contributed by atoms with E-state index in [9.17, 15) is 0 Å². The van der Waals surface area contributed by atoms with E-state index in [2.05, 4.69) is 31.8 Å². The minimum absolute atomic E-state index is 0.267. The van der Waals surface area contributed by atoms with E-state index in [4.69, 9.17) is 17.0 Å². The summed E-state index contributed by atoms with van der Waals surface area (Å²) in [6.07, 6.45) is 2.49. The monoisotopic (exact) mass is 355 g/mol. The fraction of sp³-hybridized carbons (Fsp3) is 0.429. The summed E-state index contributed by atoms with van der Waals surface area (Å²) < 4.78 is 6.54. The summed E-state index contributed by atoms with van der Waals surface area (Å²) in [5, 5.41) is 7.94. The van der Waals surface area contributed by atoms with Gasteiger partial charge in [-0.05, 0) is 38.0 Å². The number of benzene rings is 1. The highest BCUT2D eigenvalue weighted by molar-refractivity contribution is 9.10. The van der Waals surface area contributed by atoms with Crippen LogP contribution in [0.1, 0.15) is 25.3 Å². The maximum atomic E-state index is 5.52. The summed E-state index contributed by atoms with van der Waals surface area (Å²) in [4.78, 5) is 0. The van der Waals surface area contributed by atoms with E-state index in [0.717, 1.165) is 41.7 Å². The summed E-state index contributed by atoms with van der Waals surface area (Å²) in [5.41, 5.74) is 4.78. The topological polar surface area (TPSA) is 45.7 Å². The normalized spacial score (nSPS) is 18.9. The zero-order chi connectivity index (χ0) is 14.4. The zero-order valence-electron chi connectivity index (χ0n) is 11.4. The smallest absolute Gasteiger partial charge is 0.187 e. The number of rotatable bonds is 4. The van der Waals surface area contributed by atoms with Crippen LogP contribution in [-0.4, -0.2) is 30.1 Å². The molecule has 0 saturated carbocycles. The van der Waals surface area contributed by atoms with E-state index in [0.29, 0.717) is 5.11 Å². The van der Waals surface area contributed by atoms with Crippen molar-refractivity contribution >= 4 is 39.0 Å². The molecule has 2 rings (SSSR count). The van der Waals surface area contributed by atoms with Gasteiger partial charge in [0, 0.05) is 23.2 Å². The lowest BCUT2D eigenvalue weighted by atomic mass is 10.1. The molecule has 0 bridgehead atoms. The first kappa shape index (κ1) is 15.4. The third-order valence-electron chi connectivity index (χ3n) is 3.10. The molecule has 1 heterocycles. The number of ether oxygens (including phenoxy) is 1. The first-order valence-electron chi connectivity index (χ1n) is 6.61. The van der Waals surface area contributed by atoms with Gasteiger partial charge in [-0.1, -0.05) is 34.1 Å². The van der Waals surface area contributed by atoms with E-state index in [1.807, 2.05) is 31.2 Å². The minimum Gasteiger partial charge on any atom is -0.376 e. The van der Waals surface area contributed by atoms with Crippen LogP contribution in [0.15, 0.2) is 33.8 Å². The molecule has 20 heavy (non-hydrogen) atoms. The molecule has 1 fully saturated rings. The molecule has 108 valence electrons. The third-order valence-corrected chi connectivity index (χ3v) is 4.03. The Bertz CT molecular complexity index is 501. The number of nitrogens with one attached hydrogen (secondary N) is 2. The second-order valence-electron chi connectivity index (χ2n) is 4.63. The van der Waals surface area contributed by atoms with Gasteiger partial charge in [0.05, 0.1) is 11.8 Å². The first-order valence-corrected chi connectivity index (χ1v) is 7.81. The Morgan fingerprint density at radius 1 is 1.50 bits per heavy atom. The second kappa shape index (κ2) is 7.71. The molecule has 0 unspecified atom stereocenters. The van der Waals surface area contributed by atoms with Gasteiger partial charge in [-0.2, -0.15) is 5.10 Å². The van der Waals surface area contributed by atoms with Gasteiger partial charge in [0.2, 0.25) is 0 Å². The predicted molar refractivity (Wildman–Crippen MR) is 89.1 cm³/mol. The van der Waals surface area contributed by atoms with Gasteiger partial charge in [0.1, 0.15) is 0 Å². The molecular formula is C14H18BrN3OS. The number of thiocarbonyl (C=S) groups is 1. The highest BCUT2D eigenvalue weighted by Crippen LogP contribution is 2.16. The van der Waals surface area contributed by atoms with Crippen molar-refractivity contribution in [3.8, 4) is 0 Å². The Morgan fingerprint density at radius 3 is 3.00 bits per heavy atom. The zero-order valence-corrected chi connectivity index (χ0v) is 13.8. The van der Waals surface area contributed by atoms with Crippen LogP contribution in [0.3, 0.4) is 0 Å². The van der Waals surface area contributed by atoms with Gasteiger partial charge in [-0.15, -0.1) is 0 Å². The lowest BCUT2D eigenvalue weighted by molar-refractivity contribution is 0.114. The van der Waals surface area contributed by atoms with E-state index in [-0.39, 0.29) is 6.10 Å². The molecule has 1 aliphatic heterocycles. The summed E-state index contributed by atoms with van der Waals surface area (Å²) in [5.74, 6) is 0. The molecule has 0 radical (unpaired) electrons. The van der Waals surface area contributed by atoms with Crippen LogP contribution in [-0.2, 0) is 4.74 Å². The van der Waals surface area contributed by atoms with Gasteiger partial charge in [0.25, 0.3) is 0 Å². The lowest BCUT2D eigenvalue weighted by Crippen LogP contribution is -2.37. The molecule has 0 amide bonds. The number of hydrogen-bond donors (Lipinski definition) is 2. The first-order chi connectivity index (χ1) is 9.66. The Morgan fingerprint density at radius 2 is 2.30 bits per heavy atom. The second-order valence-corrected chi connectivity index (χ2v) is 5.90. The molecule has 2 N–H and O–H groups in total. The number of hydrogen-bond acceptors (Lipinski definition) is 3. The van der Waals surface area contributed by atoms with E-state index < -0.39 is 0 Å². The fourth-order valence-corrected chi connectivity index (χ4v) is 2.70. The van der Waals surface area contributed by atoms with Crippen molar-refractivity contribution in [3.63, 3.8) is 0 Å². The fourth-order valence-electron chi connectivity index (χ4n) is 2.00. The van der Waals surface area contributed by atoms with Crippen LogP contribution >= 0.6 is 28.1 Å². The molecule has 1 aromatic rings. The summed E-state index contributed by atoms with van der Waals surface area (Å²) in [6.45, 7) is 3.52. The minimum atomic E-state index is 0.267. The highest BCUT2D eigenvalue weighted by Gasteiger charge is 2.15. The largest absolute Gasteiger partial charge is 0.376 e. The van der Waals surface area contributed by atoms with Crippen LogP contribution in [0.4, 0.5) is 0 Å². The van der Waals surface area contributed by atoms with Crippen molar-refractivity contribution in [1.29, 1.82) is 0 Å². The number of hydrazone groups is 1. The molecule has 0 aliphatic carbocycles. The molecule has 1 saturated heterocycles. The maximum Gasteiger partial charge on any atom is 0.187 e. The van der Waals surface area contributed by atoms with E-state index >= 15 is 0 Å². The third kappa shape index (κ3) is 4.54. The van der Waals surface area contributed by atoms with Crippen molar-refractivity contribution in [1.82, 2.24) is 10.7 Å². The molecule has 6 heteroatoms. The van der Waals surface area contributed by atoms with Crippen LogP contribution in [0.25, 0.3) is 0 Å². The van der Waals surface area contributed by atoms with Gasteiger partial charge < -0.3 is 10.1 Å². The molecule has 0 aromatic heterocycles. The van der Waals surface area contributed by atoms with Gasteiger partial charge in [-0.25, -0.2) is 0 Å². The predicted octanol–water partition coefficient (Wildman–Crippen LogP) is 2.82. The van der Waals surface area contributed by atoms with Crippen molar-refractivity contribution in [2.45, 2.75) is 25.9 Å². The number of nitrogens with zero attached hydrogens (tertiary/aromatic N) is 1. The molecule has 4 nitrogen and oxygen atoms in total. The Kier molecular flexibility index (Phi) is 5.94. The summed E-state index contributed by atoms with van der Waals surface area (Å²) >= 11 is 8.70. The van der Waals surface area contributed by atoms with Crippen molar-refractivity contribution in [3.05, 3.63) is 34.3 Å². The molecule has 1 aromatic carbocycles. The van der Waals surface area contributed by atoms with Crippen molar-refractivity contribution in [2.75, 3.05) is 13.2 Å². The molecule has 1 aliphatic rings. The van der Waals surface area contributed by atoms with Gasteiger partial charge >= 0.3 is 0 Å². The molecule has 0 spiro atoms. The highest BCUT2D eigenvalue weighted by atomic mass is 79.9. The number of halogens is 1. The van der Waals surface area contributed by atoms with Crippen molar-refractivity contribution in [2.24, 2.45) is 5.10 Å². The molecular weight excluding hydrogens is 338 g/mol. The van der Waals surface area contributed by atoms with Crippen LogP contribution in [0.5, 0.6) is 0 Å². The van der Waals surface area contributed by atoms with E-state index in [1.165, 1.54) is 0 Å². The van der Waals surface area contributed by atoms with Crippen LogP contribution < -0.4 is 10.7 Å². The average molecular weight is 356 g/mol. The van der Waals surface area contributed by atoms with Gasteiger partial charge in [0.15, 0.2) is 5.11 Å². The van der Waals surface area contributed by atoms with Crippen molar-refractivity contribution < 1.29 is 4.74 Å². The van der Waals surface area contributed by atoms with E-state index in [1.54, 1.807) is 0 Å². The summed E-state index contributed by atoms with van der Waals surface area (Å²) in [6, 6.07) is 7.95. The Hall–Kier alpha value is -0.980. The van der Waals surface area contributed by atoms with Crippen LogP contribution in [0.2, 0.25) is 0 Å². The SMILES string of the molecule is C/C(=N/NC(=S)NC[C@H]1CCCO1)c1ccccc1Br.